The number of nitrogens with two attached hydrogens (primary N) is 1. The second-order valence-electron chi connectivity index (χ2n) is 2.22. The lowest BCUT2D eigenvalue weighted by atomic mass is 9.95. The van der Waals surface area contributed by atoms with Crippen LogP contribution in [0.25, 0.3) is 0 Å². The second kappa shape index (κ2) is 2.15. The molecule has 0 aromatic carbocycles. The van der Waals surface area contributed by atoms with Crippen molar-refractivity contribution in [1.82, 2.24) is 0 Å². The second-order valence-corrected chi connectivity index (χ2v) is 2.22. The van der Waals surface area contributed by atoms with Crippen LogP contribution >= 0.6 is 0 Å². The zero-order valence-corrected chi connectivity index (χ0v) is 5.08. The molecule has 0 fully saturated rings. The van der Waals surface area contributed by atoms with Crippen LogP contribution in [0.15, 0.2) is 24.3 Å². The summed E-state index contributed by atoms with van der Waals surface area (Å²) >= 11 is 0. The largest absolute Gasteiger partial charge is 0.316 e. The Morgan fingerprint density at radius 1 is 1.56 bits per heavy atom. The maximum Gasteiger partial charge on any atom is 0.144 e. The number of hydrogen-bond acceptors (Lipinski definition) is 2. The molecule has 0 bridgehead atoms. The van der Waals surface area contributed by atoms with Crippen LogP contribution in [0.1, 0.15) is 6.42 Å². The molecule has 0 aliphatic heterocycles. The fourth-order valence-corrected chi connectivity index (χ4v) is 0.741. The summed E-state index contributed by atoms with van der Waals surface area (Å²) in [6.45, 7) is 0. The van der Waals surface area contributed by atoms with Gasteiger partial charge in [-0.25, -0.2) is 0 Å². The Morgan fingerprint density at radius 3 is 2.67 bits per heavy atom. The SMILES string of the molecule is NC1(C=O)C=CC=CC1. The normalized spacial score (nSPS) is 32.6. The Bertz CT molecular complexity index is 172. The van der Waals surface area contributed by atoms with Crippen molar-refractivity contribution < 1.29 is 4.79 Å². The molecule has 0 spiro atoms. The van der Waals surface area contributed by atoms with Gasteiger partial charge in [-0.05, 0) is 6.42 Å². The molecule has 0 heterocycles. The molecule has 2 nitrogen and oxygen atoms in total. The average Bonchev–Trinajstić information content (AvgIpc) is 1.90. The minimum atomic E-state index is -0.727. The third-order valence-electron chi connectivity index (χ3n) is 1.34. The third-order valence-corrected chi connectivity index (χ3v) is 1.34. The Kier molecular flexibility index (Phi) is 1.49. The van der Waals surface area contributed by atoms with E-state index in [4.69, 9.17) is 5.73 Å². The number of carbonyl (C=O) groups is 1. The van der Waals surface area contributed by atoms with Crippen LogP contribution in [0.4, 0.5) is 0 Å². The van der Waals surface area contributed by atoms with Crippen molar-refractivity contribution >= 4 is 6.29 Å². The van der Waals surface area contributed by atoms with Crippen molar-refractivity contribution in [1.29, 1.82) is 0 Å². The first-order valence-electron chi connectivity index (χ1n) is 2.86. The maximum absolute atomic E-state index is 10.3. The van der Waals surface area contributed by atoms with Crippen LogP contribution in [0.2, 0.25) is 0 Å². The monoisotopic (exact) mass is 123 g/mol. The van der Waals surface area contributed by atoms with Gasteiger partial charge in [0.1, 0.15) is 6.29 Å². The van der Waals surface area contributed by atoms with Gasteiger partial charge in [0.25, 0.3) is 0 Å². The predicted octanol–water partition coefficient (Wildman–Crippen LogP) is 0.399. The van der Waals surface area contributed by atoms with Gasteiger partial charge in [0.15, 0.2) is 0 Å². The van der Waals surface area contributed by atoms with E-state index in [1.807, 2.05) is 12.2 Å². The molecule has 1 unspecified atom stereocenters. The van der Waals surface area contributed by atoms with Crippen LogP contribution in [-0.4, -0.2) is 11.8 Å². The lowest BCUT2D eigenvalue weighted by molar-refractivity contribution is -0.110. The maximum atomic E-state index is 10.3. The van der Waals surface area contributed by atoms with E-state index in [0.717, 1.165) is 6.29 Å². The Hall–Kier alpha value is -0.890. The minimum Gasteiger partial charge on any atom is -0.316 e. The highest BCUT2D eigenvalue weighted by molar-refractivity contribution is 5.68. The highest BCUT2D eigenvalue weighted by atomic mass is 16.1. The zero-order valence-electron chi connectivity index (χ0n) is 5.08. The first-order chi connectivity index (χ1) is 4.27. The van der Waals surface area contributed by atoms with Gasteiger partial charge >= 0.3 is 0 Å². The van der Waals surface area contributed by atoms with Crippen molar-refractivity contribution in [2.45, 2.75) is 12.0 Å². The average molecular weight is 123 g/mol. The van der Waals surface area contributed by atoms with Crippen molar-refractivity contribution in [2.75, 3.05) is 0 Å². The summed E-state index contributed by atoms with van der Waals surface area (Å²) in [6.07, 6.45) is 8.65. The van der Waals surface area contributed by atoms with E-state index in [1.165, 1.54) is 0 Å². The van der Waals surface area contributed by atoms with E-state index < -0.39 is 5.54 Å². The quantitative estimate of drug-likeness (QED) is 0.513. The van der Waals surface area contributed by atoms with Crippen LogP contribution in [0.5, 0.6) is 0 Å². The number of aldehydes is 1. The minimum absolute atomic E-state index is 0.618. The van der Waals surface area contributed by atoms with Crippen LogP contribution in [0.3, 0.4) is 0 Å². The molecule has 0 radical (unpaired) electrons. The van der Waals surface area contributed by atoms with Gasteiger partial charge in [0.05, 0.1) is 5.54 Å². The van der Waals surface area contributed by atoms with Gasteiger partial charge in [0, 0.05) is 0 Å². The number of rotatable bonds is 1. The summed E-state index contributed by atoms with van der Waals surface area (Å²) in [5, 5.41) is 0. The van der Waals surface area contributed by atoms with Gasteiger partial charge in [-0.15, -0.1) is 0 Å². The van der Waals surface area contributed by atoms with Crippen molar-refractivity contribution in [2.24, 2.45) is 5.73 Å². The number of carbonyl (C=O) groups excluding carboxylic acids is 1. The molecule has 2 N–H and O–H groups in total. The topological polar surface area (TPSA) is 43.1 Å². The molecule has 9 heavy (non-hydrogen) atoms. The molecule has 0 aromatic rings. The van der Waals surface area contributed by atoms with Crippen LogP contribution < -0.4 is 5.73 Å². The molecule has 0 saturated carbocycles. The van der Waals surface area contributed by atoms with E-state index >= 15 is 0 Å². The smallest absolute Gasteiger partial charge is 0.144 e. The highest BCUT2D eigenvalue weighted by Crippen LogP contribution is 2.10. The third kappa shape index (κ3) is 1.27. The zero-order chi connectivity index (χ0) is 6.74. The molecule has 0 aromatic heterocycles. The summed E-state index contributed by atoms with van der Waals surface area (Å²) in [6, 6.07) is 0. The van der Waals surface area contributed by atoms with Gasteiger partial charge in [-0.2, -0.15) is 0 Å². The van der Waals surface area contributed by atoms with Crippen molar-refractivity contribution in [3.05, 3.63) is 24.3 Å². The van der Waals surface area contributed by atoms with Crippen molar-refractivity contribution in [3.8, 4) is 0 Å². The van der Waals surface area contributed by atoms with Gasteiger partial charge in [-0.1, -0.05) is 24.3 Å². The lowest BCUT2D eigenvalue weighted by Gasteiger charge is -2.17. The molecule has 48 valence electrons. The Balaban J connectivity index is 2.73. The van der Waals surface area contributed by atoms with E-state index in [2.05, 4.69) is 0 Å². The first-order valence-corrected chi connectivity index (χ1v) is 2.86. The molecule has 1 atom stereocenters. The molecule has 0 saturated heterocycles. The molecule has 1 aliphatic carbocycles. The molecule has 0 amide bonds. The van der Waals surface area contributed by atoms with Gasteiger partial charge in [0.2, 0.25) is 0 Å². The highest BCUT2D eigenvalue weighted by Gasteiger charge is 2.19. The lowest BCUT2D eigenvalue weighted by Crippen LogP contribution is -2.39. The van der Waals surface area contributed by atoms with E-state index in [1.54, 1.807) is 12.2 Å². The molecule has 1 aliphatic rings. The predicted molar refractivity (Wildman–Crippen MR) is 35.9 cm³/mol. The van der Waals surface area contributed by atoms with Crippen LogP contribution in [-0.2, 0) is 4.79 Å². The van der Waals surface area contributed by atoms with Crippen molar-refractivity contribution in [3.63, 3.8) is 0 Å². The molecular weight excluding hydrogens is 114 g/mol. The summed E-state index contributed by atoms with van der Waals surface area (Å²) in [7, 11) is 0. The number of allylic oxidation sites excluding steroid dienone is 2. The fraction of sp³-hybridized carbons (Fsp3) is 0.286. The fourth-order valence-electron chi connectivity index (χ4n) is 0.741. The summed E-state index contributed by atoms with van der Waals surface area (Å²) in [5.41, 5.74) is 4.82. The van der Waals surface area contributed by atoms with E-state index in [9.17, 15) is 4.79 Å². The molecule has 1 rings (SSSR count). The standard InChI is InChI=1S/C7H9NO/c8-7(6-9)4-2-1-3-5-7/h1-4,6H,5,8H2. The first kappa shape index (κ1) is 6.23. The molecule has 2 heteroatoms. The van der Waals surface area contributed by atoms with Gasteiger partial charge in [-0.3, -0.25) is 0 Å². The van der Waals surface area contributed by atoms with E-state index in [-0.39, 0.29) is 0 Å². The van der Waals surface area contributed by atoms with E-state index in [0.29, 0.717) is 6.42 Å². The Labute approximate surface area is 54.0 Å². The number of hydrogen-bond donors (Lipinski definition) is 1. The van der Waals surface area contributed by atoms with Crippen LogP contribution in [0, 0.1) is 0 Å². The summed E-state index contributed by atoms with van der Waals surface area (Å²) in [5.74, 6) is 0. The van der Waals surface area contributed by atoms with Gasteiger partial charge < -0.3 is 10.5 Å². The summed E-state index contributed by atoms with van der Waals surface area (Å²) < 4.78 is 0. The Morgan fingerprint density at radius 2 is 2.33 bits per heavy atom. The molecular formula is C7H9NO. The summed E-state index contributed by atoms with van der Waals surface area (Å²) in [4.78, 5) is 10.3.